The van der Waals surface area contributed by atoms with Crippen LogP contribution in [-0.2, 0) is 14.8 Å². The van der Waals surface area contributed by atoms with E-state index >= 15 is 0 Å². The van der Waals surface area contributed by atoms with Gasteiger partial charge in [-0.3, -0.25) is 14.9 Å². The fourth-order valence-corrected chi connectivity index (χ4v) is 5.80. The Morgan fingerprint density at radius 1 is 1.09 bits per heavy atom. The van der Waals surface area contributed by atoms with Crippen LogP contribution in [0.2, 0.25) is 5.02 Å². The van der Waals surface area contributed by atoms with Crippen LogP contribution in [0.1, 0.15) is 5.56 Å². The van der Waals surface area contributed by atoms with Gasteiger partial charge in [-0.05, 0) is 47.7 Å². The average Bonchev–Trinajstić information content (AvgIpc) is 3.14. The van der Waals surface area contributed by atoms with Gasteiger partial charge in [-0.1, -0.05) is 23.7 Å². The first kappa shape index (κ1) is 22.5. The van der Waals surface area contributed by atoms with Crippen LogP contribution in [0.5, 0.6) is 0 Å². The molecule has 2 heterocycles. The van der Waals surface area contributed by atoms with Gasteiger partial charge in [0.05, 0.1) is 14.7 Å². The van der Waals surface area contributed by atoms with E-state index in [0.717, 1.165) is 0 Å². The number of carbonyl (C=O) groups excluding carboxylic acids is 1. The standard InChI is InChI=1S/C20H17ClN4O5S2/c21-15-4-6-17(7-5-15)32(29,30)24-10-8-23(9-11-24)20-22-19(26)18(31-20)13-14-2-1-3-16(12-14)25(27)28/h1-7,12-13H,8-11H2/b18-13-. The van der Waals surface area contributed by atoms with E-state index in [0.29, 0.717) is 33.7 Å². The molecule has 2 aliphatic rings. The van der Waals surface area contributed by atoms with Gasteiger partial charge < -0.3 is 4.90 Å². The number of non-ortho nitro benzene ring substituents is 1. The quantitative estimate of drug-likeness (QED) is 0.365. The largest absolute Gasteiger partial charge is 0.348 e. The Labute approximate surface area is 193 Å². The van der Waals surface area contributed by atoms with E-state index in [-0.39, 0.29) is 23.7 Å². The maximum Gasteiger partial charge on any atom is 0.286 e. The Bertz CT molecular complexity index is 1240. The van der Waals surface area contributed by atoms with Crippen LogP contribution in [0.25, 0.3) is 6.08 Å². The lowest BCUT2D eigenvalue weighted by Gasteiger charge is -2.34. The number of amides is 1. The minimum Gasteiger partial charge on any atom is -0.348 e. The van der Waals surface area contributed by atoms with Crippen molar-refractivity contribution in [2.24, 2.45) is 4.99 Å². The molecule has 2 aromatic rings. The van der Waals surface area contributed by atoms with Crippen LogP contribution in [-0.4, -0.2) is 59.8 Å². The van der Waals surface area contributed by atoms with Crippen molar-refractivity contribution in [1.29, 1.82) is 0 Å². The zero-order valence-electron chi connectivity index (χ0n) is 16.5. The van der Waals surface area contributed by atoms with Gasteiger partial charge in [0.15, 0.2) is 5.17 Å². The van der Waals surface area contributed by atoms with Crippen LogP contribution < -0.4 is 0 Å². The first-order chi connectivity index (χ1) is 15.2. The topological polar surface area (TPSA) is 113 Å². The van der Waals surface area contributed by atoms with E-state index in [1.54, 1.807) is 18.2 Å². The number of thioether (sulfide) groups is 1. The van der Waals surface area contributed by atoms with Crippen molar-refractivity contribution in [3.63, 3.8) is 0 Å². The molecule has 1 amide bonds. The number of carbonyl (C=O) groups is 1. The van der Waals surface area contributed by atoms with Crippen molar-refractivity contribution < 1.29 is 18.1 Å². The molecule has 12 heteroatoms. The van der Waals surface area contributed by atoms with Gasteiger partial charge in [-0.2, -0.15) is 9.30 Å². The number of hydrogen-bond donors (Lipinski definition) is 0. The third kappa shape index (κ3) is 4.70. The van der Waals surface area contributed by atoms with Crippen LogP contribution in [0.3, 0.4) is 0 Å². The molecule has 166 valence electrons. The first-order valence-corrected chi connectivity index (χ1v) is 12.2. The van der Waals surface area contributed by atoms with E-state index in [1.165, 1.54) is 52.5 Å². The average molecular weight is 493 g/mol. The lowest BCUT2D eigenvalue weighted by atomic mass is 10.2. The van der Waals surface area contributed by atoms with Gasteiger partial charge in [0, 0.05) is 43.3 Å². The summed E-state index contributed by atoms with van der Waals surface area (Å²) in [4.78, 5) is 29.3. The summed E-state index contributed by atoms with van der Waals surface area (Å²) in [5.74, 6) is -0.423. The van der Waals surface area contributed by atoms with Crippen LogP contribution in [0.15, 0.2) is 63.3 Å². The molecule has 4 rings (SSSR count). The highest BCUT2D eigenvalue weighted by Gasteiger charge is 2.32. The molecule has 2 aromatic carbocycles. The van der Waals surface area contributed by atoms with Gasteiger partial charge in [-0.25, -0.2) is 8.42 Å². The number of rotatable bonds is 4. The number of nitro benzene ring substituents is 1. The molecule has 0 atom stereocenters. The Balaban J connectivity index is 1.42. The number of nitro groups is 1. The molecule has 2 aliphatic heterocycles. The predicted octanol–water partition coefficient (Wildman–Crippen LogP) is 3.23. The fraction of sp³-hybridized carbons (Fsp3) is 0.200. The van der Waals surface area contributed by atoms with Crippen LogP contribution >= 0.6 is 23.4 Å². The van der Waals surface area contributed by atoms with Crippen molar-refractivity contribution >= 4 is 56.2 Å². The van der Waals surface area contributed by atoms with Crippen molar-refractivity contribution in [2.45, 2.75) is 4.90 Å². The minimum absolute atomic E-state index is 0.0612. The summed E-state index contributed by atoms with van der Waals surface area (Å²) in [5.41, 5.74) is 0.472. The van der Waals surface area contributed by atoms with Crippen molar-refractivity contribution in [3.05, 3.63) is 74.1 Å². The molecule has 0 unspecified atom stereocenters. The zero-order chi connectivity index (χ0) is 22.9. The summed E-state index contributed by atoms with van der Waals surface area (Å²) < 4.78 is 27.1. The molecule has 1 fully saturated rings. The van der Waals surface area contributed by atoms with Gasteiger partial charge in [0.25, 0.3) is 11.6 Å². The molecule has 0 saturated carbocycles. The summed E-state index contributed by atoms with van der Waals surface area (Å²) >= 11 is 7.02. The number of sulfonamides is 1. The molecule has 9 nitrogen and oxygen atoms in total. The summed E-state index contributed by atoms with van der Waals surface area (Å²) in [6, 6.07) is 12.0. The molecule has 1 saturated heterocycles. The molecule has 0 N–H and O–H groups in total. The van der Waals surface area contributed by atoms with Crippen molar-refractivity contribution in [2.75, 3.05) is 26.2 Å². The van der Waals surface area contributed by atoms with E-state index in [9.17, 15) is 23.3 Å². The number of nitrogens with zero attached hydrogens (tertiary/aromatic N) is 4. The SMILES string of the molecule is O=C1N=C(N2CCN(S(=O)(=O)c3ccc(Cl)cc3)CC2)S/C1=C\c1cccc([N+](=O)[O-])c1. The van der Waals surface area contributed by atoms with Gasteiger partial charge >= 0.3 is 0 Å². The molecule has 0 radical (unpaired) electrons. The number of piperazine rings is 1. The molecule has 32 heavy (non-hydrogen) atoms. The van der Waals surface area contributed by atoms with Gasteiger partial charge in [-0.15, -0.1) is 0 Å². The number of benzene rings is 2. The maximum absolute atomic E-state index is 12.8. The molecule has 0 bridgehead atoms. The molecular weight excluding hydrogens is 476 g/mol. The van der Waals surface area contributed by atoms with Gasteiger partial charge in [0.1, 0.15) is 0 Å². The maximum atomic E-state index is 12.8. The minimum atomic E-state index is -3.63. The van der Waals surface area contributed by atoms with Crippen molar-refractivity contribution in [3.8, 4) is 0 Å². The second-order valence-electron chi connectivity index (χ2n) is 7.01. The monoisotopic (exact) mass is 492 g/mol. The number of halogens is 1. The van der Waals surface area contributed by atoms with E-state index in [2.05, 4.69) is 4.99 Å². The number of aliphatic imine (C=N–C) groups is 1. The Kier molecular flexibility index (Phi) is 6.33. The zero-order valence-corrected chi connectivity index (χ0v) is 18.9. The van der Waals surface area contributed by atoms with E-state index in [4.69, 9.17) is 11.6 Å². The smallest absolute Gasteiger partial charge is 0.286 e. The third-order valence-corrected chi connectivity index (χ3v) is 8.16. The predicted molar refractivity (Wildman–Crippen MR) is 123 cm³/mol. The second-order valence-corrected chi connectivity index (χ2v) is 10.4. The normalized spacial score (nSPS) is 18.8. The fourth-order valence-electron chi connectivity index (χ4n) is 3.29. The summed E-state index contributed by atoms with van der Waals surface area (Å²) in [6.45, 7) is 1.28. The molecule has 0 aromatic heterocycles. The highest BCUT2D eigenvalue weighted by atomic mass is 35.5. The summed E-state index contributed by atoms with van der Waals surface area (Å²) in [5, 5.41) is 11.9. The highest BCUT2D eigenvalue weighted by Crippen LogP contribution is 2.31. The summed E-state index contributed by atoms with van der Waals surface area (Å²) in [6.07, 6.45) is 1.57. The number of amidine groups is 1. The molecular formula is C20H17ClN4O5S2. The lowest BCUT2D eigenvalue weighted by molar-refractivity contribution is -0.384. The third-order valence-electron chi connectivity index (χ3n) is 4.95. The summed E-state index contributed by atoms with van der Waals surface area (Å²) in [7, 11) is -3.63. The number of hydrogen-bond acceptors (Lipinski definition) is 7. The molecule has 0 aliphatic carbocycles. The lowest BCUT2D eigenvalue weighted by Crippen LogP contribution is -2.49. The van der Waals surface area contributed by atoms with Crippen LogP contribution in [0, 0.1) is 10.1 Å². The Hall–Kier alpha value is -2.73. The first-order valence-electron chi connectivity index (χ1n) is 9.52. The highest BCUT2D eigenvalue weighted by molar-refractivity contribution is 8.18. The Morgan fingerprint density at radius 2 is 1.78 bits per heavy atom. The second kappa shape index (κ2) is 9.02. The van der Waals surface area contributed by atoms with E-state index < -0.39 is 20.9 Å². The molecule has 0 spiro atoms. The van der Waals surface area contributed by atoms with E-state index in [1.807, 2.05) is 4.90 Å². The van der Waals surface area contributed by atoms with Crippen molar-refractivity contribution in [1.82, 2.24) is 9.21 Å². The van der Waals surface area contributed by atoms with Crippen LogP contribution in [0.4, 0.5) is 5.69 Å². The van der Waals surface area contributed by atoms with Gasteiger partial charge in [0.2, 0.25) is 10.0 Å². The Morgan fingerprint density at radius 3 is 2.44 bits per heavy atom.